The Morgan fingerprint density at radius 1 is 1.15 bits per heavy atom. The van der Waals surface area contributed by atoms with E-state index in [1.54, 1.807) is 0 Å². The molecule has 0 aliphatic carbocycles. The van der Waals surface area contributed by atoms with Gasteiger partial charge in [0.1, 0.15) is 11.5 Å². The molecule has 6 nitrogen and oxygen atoms in total. The molecule has 0 bridgehead atoms. The van der Waals surface area contributed by atoms with Crippen molar-refractivity contribution in [1.29, 1.82) is 0 Å². The van der Waals surface area contributed by atoms with Crippen molar-refractivity contribution in [3.63, 3.8) is 0 Å². The van der Waals surface area contributed by atoms with E-state index in [1.165, 1.54) is 0 Å². The van der Waals surface area contributed by atoms with Crippen LogP contribution in [0.25, 0.3) is 0 Å². The Morgan fingerprint density at radius 2 is 1.81 bits per heavy atom. The molecule has 6 heteroatoms. The smallest absolute Gasteiger partial charge is 0.224 e. The fourth-order valence-electron chi connectivity index (χ4n) is 2.88. The van der Waals surface area contributed by atoms with E-state index in [0.717, 1.165) is 30.9 Å². The van der Waals surface area contributed by atoms with Crippen LogP contribution in [0.4, 0.5) is 11.4 Å². The molecular formula is C20H32N2O4. The maximum absolute atomic E-state index is 12.3. The molecule has 2 rings (SSSR count). The Hall–Kier alpha value is -1.95. The summed E-state index contributed by atoms with van der Waals surface area (Å²) in [5.74, 6) is 1.93. The summed E-state index contributed by atoms with van der Waals surface area (Å²) in [4.78, 5) is 14.5. The molecule has 0 unspecified atom stereocenters. The van der Waals surface area contributed by atoms with E-state index < -0.39 is 0 Å². The Balaban J connectivity index is 2.27. The van der Waals surface area contributed by atoms with E-state index in [0.29, 0.717) is 50.2 Å². The lowest BCUT2D eigenvalue weighted by atomic mass is 10.1. The molecule has 1 aliphatic heterocycles. The number of nitrogens with zero attached hydrogens (tertiary/aromatic N) is 1. The van der Waals surface area contributed by atoms with Gasteiger partial charge in [-0.25, -0.2) is 0 Å². The lowest BCUT2D eigenvalue weighted by Gasteiger charge is -2.31. The predicted octanol–water partition coefficient (Wildman–Crippen LogP) is 3.70. The first-order chi connectivity index (χ1) is 12.5. The second kappa shape index (κ2) is 10.3. The zero-order valence-corrected chi connectivity index (χ0v) is 16.5. The second-order valence-corrected chi connectivity index (χ2v) is 6.76. The van der Waals surface area contributed by atoms with Crippen molar-refractivity contribution in [1.82, 2.24) is 0 Å². The van der Waals surface area contributed by atoms with E-state index in [9.17, 15) is 4.79 Å². The van der Waals surface area contributed by atoms with E-state index in [4.69, 9.17) is 14.2 Å². The Bertz CT molecular complexity index is 583. The molecule has 0 atom stereocenters. The average Bonchev–Trinajstić information content (AvgIpc) is 2.63. The van der Waals surface area contributed by atoms with Gasteiger partial charge in [-0.15, -0.1) is 0 Å². The summed E-state index contributed by atoms with van der Waals surface area (Å²) in [7, 11) is 0. The maximum Gasteiger partial charge on any atom is 0.224 e. The standard InChI is InChI=1S/C20H32N2O4/c1-5-25-18-14-17(22-9-11-24-12-10-22)19(26-6-2)13-16(18)21-20(23)8-7-15(3)4/h13-15H,5-12H2,1-4H3,(H,21,23). The summed E-state index contributed by atoms with van der Waals surface area (Å²) in [5, 5.41) is 2.99. The van der Waals surface area contributed by atoms with Crippen molar-refractivity contribution in [3.05, 3.63) is 12.1 Å². The second-order valence-electron chi connectivity index (χ2n) is 6.76. The van der Waals surface area contributed by atoms with Gasteiger partial charge in [0.15, 0.2) is 0 Å². The lowest BCUT2D eigenvalue weighted by Crippen LogP contribution is -2.36. The number of carbonyl (C=O) groups is 1. The first-order valence-corrected chi connectivity index (χ1v) is 9.61. The molecule has 1 saturated heterocycles. The average molecular weight is 364 g/mol. The molecule has 1 N–H and O–H groups in total. The fourth-order valence-corrected chi connectivity index (χ4v) is 2.88. The number of morpholine rings is 1. The first-order valence-electron chi connectivity index (χ1n) is 9.61. The number of nitrogens with one attached hydrogen (secondary N) is 1. The third kappa shape index (κ3) is 5.80. The SMILES string of the molecule is CCOc1cc(N2CCOCC2)c(OCC)cc1NC(=O)CCC(C)C. The monoisotopic (exact) mass is 364 g/mol. The molecule has 146 valence electrons. The van der Waals surface area contributed by atoms with Crippen LogP contribution in [0, 0.1) is 5.92 Å². The van der Waals surface area contributed by atoms with Gasteiger partial charge in [0.05, 0.1) is 37.8 Å². The topological polar surface area (TPSA) is 60.0 Å². The van der Waals surface area contributed by atoms with Crippen molar-refractivity contribution >= 4 is 17.3 Å². The molecule has 1 fully saturated rings. The van der Waals surface area contributed by atoms with Crippen LogP contribution < -0.4 is 19.7 Å². The zero-order valence-electron chi connectivity index (χ0n) is 16.5. The van der Waals surface area contributed by atoms with Crippen molar-refractivity contribution < 1.29 is 19.0 Å². The largest absolute Gasteiger partial charge is 0.492 e. The van der Waals surface area contributed by atoms with Gasteiger partial charge in [-0.1, -0.05) is 13.8 Å². The number of ether oxygens (including phenoxy) is 3. The molecule has 1 aromatic carbocycles. The first kappa shape index (κ1) is 20.4. The molecule has 26 heavy (non-hydrogen) atoms. The minimum Gasteiger partial charge on any atom is -0.492 e. The summed E-state index contributed by atoms with van der Waals surface area (Å²) in [5.41, 5.74) is 1.65. The van der Waals surface area contributed by atoms with Crippen LogP contribution in [0.3, 0.4) is 0 Å². The van der Waals surface area contributed by atoms with Crippen LogP contribution in [0.15, 0.2) is 12.1 Å². The van der Waals surface area contributed by atoms with Crippen molar-refractivity contribution in [2.75, 3.05) is 49.7 Å². The fraction of sp³-hybridized carbons (Fsp3) is 0.650. The molecule has 1 heterocycles. The zero-order chi connectivity index (χ0) is 18.9. The highest BCUT2D eigenvalue weighted by atomic mass is 16.5. The van der Waals surface area contributed by atoms with Crippen LogP contribution >= 0.6 is 0 Å². The summed E-state index contributed by atoms with van der Waals surface area (Å²) >= 11 is 0. The number of benzene rings is 1. The van der Waals surface area contributed by atoms with E-state index in [-0.39, 0.29) is 5.91 Å². The van der Waals surface area contributed by atoms with Crippen molar-refractivity contribution in [3.8, 4) is 11.5 Å². The number of carbonyl (C=O) groups excluding carboxylic acids is 1. The summed E-state index contributed by atoms with van der Waals surface area (Å²) in [6.45, 7) is 12.2. The van der Waals surface area contributed by atoms with Crippen LogP contribution in [0.2, 0.25) is 0 Å². The molecule has 0 spiro atoms. The number of hydrogen-bond donors (Lipinski definition) is 1. The quantitative estimate of drug-likeness (QED) is 0.724. The van der Waals surface area contributed by atoms with Gasteiger partial charge in [-0.05, 0) is 26.2 Å². The number of rotatable bonds is 9. The third-order valence-corrected chi connectivity index (χ3v) is 4.24. The lowest BCUT2D eigenvalue weighted by molar-refractivity contribution is -0.116. The van der Waals surface area contributed by atoms with Gasteiger partial charge >= 0.3 is 0 Å². The molecule has 0 aromatic heterocycles. The van der Waals surface area contributed by atoms with Crippen LogP contribution in [-0.2, 0) is 9.53 Å². The van der Waals surface area contributed by atoms with Crippen LogP contribution in [0.5, 0.6) is 11.5 Å². The Labute approximate surface area is 156 Å². The van der Waals surface area contributed by atoms with Gasteiger partial charge in [0.25, 0.3) is 0 Å². The highest BCUT2D eigenvalue weighted by Crippen LogP contribution is 2.39. The highest BCUT2D eigenvalue weighted by molar-refractivity contribution is 5.93. The molecular weight excluding hydrogens is 332 g/mol. The molecule has 1 aliphatic rings. The summed E-state index contributed by atoms with van der Waals surface area (Å²) < 4.78 is 17.1. The summed E-state index contributed by atoms with van der Waals surface area (Å²) in [6.07, 6.45) is 1.36. The van der Waals surface area contributed by atoms with E-state index >= 15 is 0 Å². The van der Waals surface area contributed by atoms with E-state index in [2.05, 4.69) is 24.1 Å². The van der Waals surface area contributed by atoms with E-state index in [1.807, 2.05) is 26.0 Å². The summed E-state index contributed by atoms with van der Waals surface area (Å²) in [6, 6.07) is 3.85. The van der Waals surface area contributed by atoms with Gasteiger partial charge in [0.2, 0.25) is 5.91 Å². The minimum atomic E-state index is 0.00113. The van der Waals surface area contributed by atoms with Gasteiger partial charge in [-0.3, -0.25) is 4.79 Å². The highest BCUT2D eigenvalue weighted by Gasteiger charge is 2.20. The molecule has 0 saturated carbocycles. The van der Waals surface area contributed by atoms with Crippen molar-refractivity contribution in [2.45, 2.75) is 40.5 Å². The van der Waals surface area contributed by atoms with Crippen molar-refractivity contribution in [2.24, 2.45) is 5.92 Å². The van der Waals surface area contributed by atoms with Crippen LogP contribution in [0.1, 0.15) is 40.5 Å². The van der Waals surface area contributed by atoms with Gasteiger partial charge < -0.3 is 24.4 Å². The molecule has 0 radical (unpaired) electrons. The number of hydrogen-bond acceptors (Lipinski definition) is 5. The normalized spacial score (nSPS) is 14.4. The van der Waals surface area contributed by atoms with Gasteiger partial charge in [-0.2, -0.15) is 0 Å². The van der Waals surface area contributed by atoms with Gasteiger partial charge in [0, 0.05) is 31.6 Å². The number of anilines is 2. The molecule has 1 aromatic rings. The predicted molar refractivity (Wildman–Crippen MR) is 105 cm³/mol. The molecule has 1 amide bonds. The number of amides is 1. The minimum absolute atomic E-state index is 0.00113. The maximum atomic E-state index is 12.3. The Kier molecular flexibility index (Phi) is 8.04. The Morgan fingerprint density at radius 3 is 2.42 bits per heavy atom. The van der Waals surface area contributed by atoms with Crippen LogP contribution in [-0.4, -0.2) is 45.4 Å². The third-order valence-electron chi connectivity index (χ3n) is 4.24.